The fourth-order valence-electron chi connectivity index (χ4n) is 12.7. The number of para-hydroxylation sites is 1. The molecule has 630 valence electrons. The predicted molar refractivity (Wildman–Crippen MR) is 427 cm³/mol. The Morgan fingerprint density at radius 2 is 1.30 bits per heavy atom. The number of hydrogen-bond donors (Lipinski definition) is 21. The van der Waals surface area contributed by atoms with Crippen LogP contribution in [-0.2, 0) is 96.0 Å². The molecule has 39 heteroatoms. The standard InChI is InChI=1S/C77H107N19O19S/c1-42(97)64-73(112)91-57(37-48-39-84-51-15-8-7-14-50(48)51)69(108)87-52(22-24-60(81)99)66(105)92-59(41-116-33-26-54(86-43(2)98)71(110)95-77(4,28-11-30-79)75(114)94-64)70(109)88-55(35-44-17-20-49(21-18-44)115-32-31-80)68(107)89-56(36-45-16-19-46-12-5-6-13-47(46)34-45)72(111)96-76(3,27-9-10-29-78)74(113)93-53(23-25-63(102)103)67(106)90-58(38-61(82)100)65(104)85-40-62(83)101/h5-8,12-21,34,39,42,52-59,64,84,97H,9-11,22-33,35-38,40-41,78-80H2,1-4H3,(H2,81,99)(H2,82,100)(H2,83,101)(H,85,104)(H,86,98)(H,87,108)(H,88,109)(H,89,107)(H,90,106)(H,91,112)(H,92,105)(H,93,113)(H,94,114)(H,95,110)(H,96,111)(H,102,103)/t42-,52+,53+,54+,55+,56+,57+,58+,59+,64+,76+,77-/m1/s1. The number of benzene rings is 4. The SMILES string of the molecule is CC(=O)N[C@H]1CCSC[C@@H](C(=O)N[C@@H](Cc2ccc(OCCN)cc2)C(=O)N[C@@H](Cc2ccc3ccccc3c2)C(=O)N[C@@](C)(CCCCN)C(=O)N[C@@H](CCC(=O)O)C(=O)N[C@@H](CC(N)=O)C(=O)NCC(N)=O)NC(=O)[C@H](CCC(N)=O)NC(=O)[C@H](Cc2c[nH]c3ccccc23)NC(=O)[C@H]([C@@H](C)O)NC(=O)[C@@](C)(CCCN)NC1=O. The summed E-state index contributed by atoms with van der Waals surface area (Å²) in [5.74, 6) is -16.9. The Morgan fingerprint density at radius 1 is 0.664 bits per heavy atom. The number of aliphatic carboxylic acids is 1. The summed E-state index contributed by atoms with van der Waals surface area (Å²) in [6, 6.07) is 10.2. The summed E-state index contributed by atoms with van der Waals surface area (Å²) in [5.41, 5.74) is 31.7. The Hall–Kier alpha value is -11.8. The summed E-state index contributed by atoms with van der Waals surface area (Å²) in [5, 5.41) is 53.9. The molecule has 15 amide bonds. The molecule has 1 fully saturated rings. The van der Waals surface area contributed by atoms with E-state index >= 15 is 28.8 Å². The highest BCUT2D eigenvalue weighted by molar-refractivity contribution is 7.99. The van der Waals surface area contributed by atoms with Gasteiger partial charge in [0.15, 0.2) is 0 Å². The van der Waals surface area contributed by atoms with Crippen LogP contribution in [0.25, 0.3) is 21.7 Å². The van der Waals surface area contributed by atoms with Crippen LogP contribution in [0.1, 0.15) is 115 Å². The lowest BCUT2D eigenvalue weighted by atomic mass is 9.91. The molecule has 1 aromatic heterocycles. The van der Waals surface area contributed by atoms with Gasteiger partial charge in [0.05, 0.1) is 19.1 Å². The number of fused-ring (bicyclic) bond motifs is 2. The maximum atomic E-state index is 15.7. The summed E-state index contributed by atoms with van der Waals surface area (Å²) < 4.78 is 5.72. The minimum atomic E-state index is -2.08. The summed E-state index contributed by atoms with van der Waals surface area (Å²) >= 11 is 0.957. The number of unbranched alkanes of at least 4 members (excludes halogenated alkanes) is 1. The van der Waals surface area contributed by atoms with Crippen LogP contribution in [0.5, 0.6) is 5.75 Å². The van der Waals surface area contributed by atoms with E-state index in [4.69, 9.17) is 39.1 Å². The number of carbonyl (C=O) groups is 16. The van der Waals surface area contributed by atoms with Crippen LogP contribution < -0.4 is 103 Å². The van der Waals surface area contributed by atoms with Gasteiger partial charge in [-0.05, 0) is 137 Å². The molecule has 0 aliphatic carbocycles. The first-order valence-electron chi connectivity index (χ1n) is 37.9. The lowest BCUT2D eigenvalue weighted by Crippen LogP contribution is -2.65. The molecule has 12 atom stereocenters. The van der Waals surface area contributed by atoms with E-state index in [1.165, 1.54) is 20.8 Å². The number of carboxylic acids is 1. The van der Waals surface area contributed by atoms with Gasteiger partial charge in [0, 0.05) is 68.4 Å². The van der Waals surface area contributed by atoms with Gasteiger partial charge in [-0.25, -0.2) is 0 Å². The number of rotatable bonds is 39. The molecule has 2 heterocycles. The Labute approximate surface area is 673 Å². The van der Waals surface area contributed by atoms with E-state index in [9.17, 15) is 58.2 Å². The molecular weight excluding hydrogens is 1530 g/mol. The topological polar surface area (TPSA) is 639 Å². The van der Waals surface area contributed by atoms with E-state index in [0.29, 0.717) is 38.7 Å². The minimum absolute atomic E-state index is 0.0276. The van der Waals surface area contributed by atoms with Gasteiger partial charge >= 0.3 is 5.97 Å². The Bertz CT molecular complexity index is 4340. The normalized spacial score (nSPS) is 19.6. The number of ether oxygens (including phenoxy) is 1. The number of thioether (sulfide) groups is 1. The summed E-state index contributed by atoms with van der Waals surface area (Å²) in [4.78, 5) is 227. The summed E-state index contributed by atoms with van der Waals surface area (Å²) in [7, 11) is 0. The molecule has 0 radical (unpaired) electrons. The summed E-state index contributed by atoms with van der Waals surface area (Å²) in [6.07, 6.45) is -4.45. The van der Waals surface area contributed by atoms with Crippen molar-refractivity contribution in [1.82, 2.24) is 68.8 Å². The fraction of sp³-hybridized carbons (Fsp3) is 0.481. The number of primary amides is 3. The number of aromatic nitrogens is 1. The van der Waals surface area contributed by atoms with Crippen LogP contribution in [0.4, 0.5) is 0 Å². The molecule has 116 heavy (non-hydrogen) atoms. The Morgan fingerprint density at radius 3 is 1.96 bits per heavy atom. The zero-order valence-electron chi connectivity index (χ0n) is 65.1. The molecule has 0 spiro atoms. The largest absolute Gasteiger partial charge is 0.492 e. The average molecular weight is 1630 g/mol. The van der Waals surface area contributed by atoms with E-state index in [0.717, 1.165) is 24.1 Å². The van der Waals surface area contributed by atoms with E-state index in [1.807, 2.05) is 6.07 Å². The highest BCUT2D eigenvalue weighted by Crippen LogP contribution is 2.24. The van der Waals surface area contributed by atoms with Gasteiger partial charge in [0.25, 0.3) is 0 Å². The fourth-order valence-corrected chi connectivity index (χ4v) is 13.7. The van der Waals surface area contributed by atoms with E-state index in [-0.39, 0.29) is 89.8 Å². The van der Waals surface area contributed by atoms with E-state index < -0.39 is 211 Å². The lowest BCUT2D eigenvalue weighted by molar-refractivity contribution is -0.140. The Kier molecular flexibility index (Phi) is 36.4. The molecule has 1 aliphatic heterocycles. The number of carbonyl (C=O) groups excluding carboxylic acids is 15. The second kappa shape index (κ2) is 45.3. The molecule has 5 aromatic rings. The second-order valence-electron chi connectivity index (χ2n) is 28.7. The van der Waals surface area contributed by atoms with Gasteiger partial charge in [-0.2, -0.15) is 11.8 Å². The molecule has 4 aromatic carbocycles. The number of aromatic amines is 1. The van der Waals surface area contributed by atoms with Crippen molar-refractivity contribution in [2.24, 2.45) is 34.4 Å². The van der Waals surface area contributed by atoms with Crippen LogP contribution in [-0.4, -0.2) is 226 Å². The van der Waals surface area contributed by atoms with Crippen molar-refractivity contribution >= 4 is 128 Å². The number of carboxylic acid groups (broad SMARTS) is 1. The number of nitrogens with two attached hydrogens (primary N) is 6. The van der Waals surface area contributed by atoms with Crippen LogP contribution in [0.3, 0.4) is 0 Å². The minimum Gasteiger partial charge on any atom is -0.492 e. The molecule has 0 saturated carbocycles. The van der Waals surface area contributed by atoms with Crippen LogP contribution in [0.15, 0.2) is 97.2 Å². The molecule has 1 aliphatic rings. The molecule has 27 N–H and O–H groups in total. The molecular formula is C77H107N19O19S. The highest BCUT2D eigenvalue weighted by Gasteiger charge is 2.43. The molecule has 0 bridgehead atoms. The number of H-pyrrole nitrogens is 1. The van der Waals surface area contributed by atoms with Crippen molar-refractivity contribution in [3.63, 3.8) is 0 Å². The van der Waals surface area contributed by atoms with E-state index in [1.54, 1.807) is 91.1 Å². The van der Waals surface area contributed by atoms with Gasteiger partial charge in [-0.1, -0.05) is 72.8 Å². The van der Waals surface area contributed by atoms with Crippen molar-refractivity contribution < 1.29 is 91.7 Å². The number of hydrogen-bond acceptors (Lipinski definition) is 22. The van der Waals surface area contributed by atoms with Gasteiger partial charge in [-0.15, -0.1) is 0 Å². The van der Waals surface area contributed by atoms with Crippen molar-refractivity contribution in [1.29, 1.82) is 0 Å². The van der Waals surface area contributed by atoms with Crippen LogP contribution >= 0.6 is 11.8 Å². The first kappa shape index (κ1) is 93.1. The quantitative estimate of drug-likeness (QED) is 0.0166. The number of aliphatic hydroxyl groups is 1. The third kappa shape index (κ3) is 29.2. The number of amides is 15. The van der Waals surface area contributed by atoms with Crippen molar-refractivity contribution in [2.45, 2.75) is 189 Å². The van der Waals surface area contributed by atoms with Crippen molar-refractivity contribution in [3.05, 3.63) is 114 Å². The molecule has 0 unspecified atom stereocenters. The van der Waals surface area contributed by atoms with Gasteiger partial charge in [0.2, 0.25) is 88.6 Å². The highest BCUT2D eigenvalue weighted by atomic mass is 32.2. The second-order valence-corrected chi connectivity index (χ2v) is 29.9. The van der Waals surface area contributed by atoms with Gasteiger partial charge in [0.1, 0.15) is 77.8 Å². The van der Waals surface area contributed by atoms with Crippen molar-refractivity contribution in [3.8, 4) is 5.75 Å². The zero-order chi connectivity index (χ0) is 85.4. The molecule has 1 saturated heterocycles. The zero-order valence-corrected chi connectivity index (χ0v) is 65.9. The van der Waals surface area contributed by atoms with Gasteiger partial charge in [-0.3, -0.25) is 76.7 Å². The summed E-state index contributed by atoms with van der Waals surface area (Å²) in [6.45, 7) is 4.64. The predicted octanol–water partition coefficient (Wildman–Crippen LogP) is -4.19. The average Bonchev–Trinajstić information content (AvgIpc) is 1.12. The monoisotopic (exact) mass is 1630 g/mol. The van der Waals surface area contributed by atoms with Crippen LogP contribution in [0.2, 0.25) is 0 Å². The van der Waals surface area contributed by atoms with Gasteiger partial charge < -0.3 is 118 Å². The number of aliphatic hydroxyl groups excluding tert-OH is 1. The third-order valence-corrected chi connectivity index (χ3v) is 20.2. The molecule has 6 rings (SSSR count). The third-order valence-electron chi connectivity index (χ3n) is 19.1. The smallest absolute Gasteiger partial charge is 0.303 e. The van der Waals surface area contributed by atoms with E-state index in [2.05, 4.69) is 68.8 Å². The lowest BCUT2D eigenvalue weighted by Gasteiger charge is -2.34. The molecule has 38 nitrogen and oxygen atoms in total. The first-order chi connectivity index (χ1) is 55.0. The maximum Gasteiger partial charge on any atom is 0.303 e. The van der Waals surface area contributed by atoms with Crippen molar-refractivity contribution in [2.75, 3.05) is 44.3 Å². The number of nitrogens with one attached hydrogen (secondary N) is 13. The van der Waals surface area contributed by atoms with Crippen LogP contribution in [0, 0.1) is 0 Å². The Balaban J connectivity index is 1.47. The maximum absolute atomic E-state index is 15.7. The first-order valence-corrected chi connectivity index (χ1v) is 39.0.